The maximum absolute atomic E-state index is 12.1. The summed E-state index contributed by atoms with van der Waals surface area (Å²) in [5.41, 5.74) is 0. The Morgan fingerprint density at radius 1 is 1.55 bits per heavy atom. The van der Waals surface area contributed by atoms with E-state index in [1.165, 1.54) is 0 Å². The lowest BCUT2D eigenvalue weighted by Crippen LogP contribution is -2.21. The van der Waals surface area contributed by atoms with Crippen molar-refractivity contribution in [1.82, 2.24) is 0 Å². The van der Waals surface area contributed by atoms with Gasteiger partial charge in [0.05, 0.1) is 6.61 Å². The van der Waals surface area contributed by atoms with Crippen LogP contribution in [0.25, 0.3) is 0 Å². The molecular weight excluding hydrogens is 164 g/mol. The van der Waals surface area contributed by atoms with E-state index >= 15 is 0 Å². The zero-order chi connectivity index (χ0) is 8.91. The fourth-order valence-electron chi connectivity index (χ4n) is 0.296. The molecule has 5 heteroatoms. The zero-order valence-electron chi connectivity index (χ0n) is 5.49. The Balaban J connectivity index is 4.09. The average molecular weight is 170 g/mol. The topological polar surface area (TPSA) is 9.23 Å². The maximum Gasteiger partial charge on any atom is 0.411 e. The number of rotatable bonds is 4. The molecule has 0 heterocycles. The summed E-state index contributed by atoms with van der Waals surface area (Å²) in [5, 5.41) is 0. The molecule has 0 spiro atoms. The fraction of sp³-hybridized carbons (Fsp3) is 0.333. The van der Waals surface area contributed by atoms with Crippen LogP contribution in [0.3, 0.4) is 0 Å². The summed E-state index contributed by atoms with van der Waals surface area (Å²) >= 11 is 0. The number of ether oxygens (including phenoxy) is 1. The van der Waals surface area contributed by atoms with Crippen LogP contribution < -0.4 is 0 Å². The summed E-state index contributed by atoms with van der Waals surface area (Å²) in [5.74, 6) is -2.25. The number of hydrogen-bond acceptors (Lipinski definition) is 1. The number of halogens is 4. The van der Waals surface area contributed by atoms with E-state index in [-0.39, 0.29) is 0 Å². The SMILES string of the molecule is C=CCOC(F)(F)C(F)=CF. The van der Waals surface area contributed by atoms with Crippen molar-refractivity contribution >= 4 is 0 Å². The normalized spacial score (nSPS) is 13.3. The molecule has 0 aliphatic rings. The van der Waals surface area contributed by atoms with E-state index in [1.807, 2.05) is 0 Å². The Kier molecular flexibility index (Phi) is 3.81. The van der Waals surface area contributed by atoms with E-state index in [0.29, 0.717) is 0 Å². The van der Waals surface area contributed by atoms with E-state index in [2.05, 4.69) is 11.3 Å². The lowest BCUT2D eigenvalue weighted by Gasteiger charge is -2.11. The molecule has 0 saturated carbocycles. The van der Waals surface area contributed by atoms with Gasteiger partial charge in [-0.3, -0.25) is 0 Å². The van der Waals surface area contributed by atoms with Crippen molar-refractivity contribution in [2.24, 2.45) is 0 Å². The summed E-state index contributed by atoms with van der Waals surface area (Å²) in [7, 11) is 0. The van der Waals surface area contributed by atoms with Gasteiger partial charge in [-0.25, -0.2) is 4.39 Å². The molecule has 1 nitrogen and oxygen atoms in total. The molecule has 0 aromatic heterocycles. The summed E-state index contributed by atoms with van der Waals surface area (Å²) < 4.78 is 50.7. The van der Waals surface area contributed by atoms with Gasteiger partial charge in [-0.1, -0.05) is 6.08 Å². The minimum atomic E-state index is -4.19. The van der Waals surface area contributed by atoms with Crippen LogP contribution in [0.5, 0.6) is 0 Å². The summed E-state index contributed by atoms with van der Waals surface area (Å²) in [6.07, 6.45) is -4.04. The maximum atomic E-state index is 12.1. The first-order valence-corrected chi connectivity index (χ1v) is 2.63. The molecule has 0 radical (unpaired) electrons. The summed E-state index contributed by atoms with van der Waals surface area (Å²) in [4.78, 5) is 0. The van der Waals surface area contributed by atoms with Gasteiger partial charge in [-0.05, 0) is 0 Å². The summed E-state index contributed by atoms with van der Waals surface area (Å²) in [6.45, 7) is 2.51. The predicted molar refractivity (Wildman–Crippen MR) is 31.4 cm³/mol. The molecule has 0 aliphatic carbocycles. The molecule has 0 N–H and O–H groups in total. The van der Waals surface area contributed by atoms with E-state index in [1.54, 1.807) is 0 Å². The van der Waals surface area contributed by atoms with Gasteiger partial charge in [-0.15, -0.1) is 6.58 Å². The lowest BCUT2D eigenvalue weighted by atomic mass is 10.5. The summed E-state index contributed by atoms with van der Waals surface area (Å²) in [6, 6.07) is 0. The third-order valence-electron chi connectivity index (χ3n) is 0.756. The molecular formula is C6H6F4O. The first-order chi connectivity index (χ1) is 5.04. The van der Waals surface area contributed by atoms with Crippen LogP contribution in [0.4, 0.5) is 17.6 Å². The highest BCUT2D eigenvalue weighted by Gasteiger charge is 2.36. The zero-order valence-corrected chi connectivity index (χ0v) is 5.49. The van der Waals surface area contributed by atoms with Crippen molar-refractivity contribution in [2.45, 2.75) is 6.11 Å². The van der Waals surface area contributed by atoms with Crippen LogP contribution in [-0.2, 0) is 4.74 Å². The fourth-order valence-corrected chi connectivity index (χ4v) is 0.296. The molecule has 0 amide bonds. The third-order valence-corrected chi connectivity index (χ3v) is 0.756. The van der Waals surface area contributed by atoms with Gasteiger partial charge in [0.15, 0.2) is 0 Å². The van der Waals surface area contributed by atoms with Crippen LogP contribution in [0.1, 0.15) is 0 Å². The molecule has 0 fully saturated rings. The van der Waals surface area contributed by atoms with Gasteiger partial charge >= 0.3 is 6.11 Å². The highest BCUT2D eigenvalue weighted by atomic mass is 19.3. The molecule has 0 bridgehead atoms. The second-order valence-corrected chi connectivity index (χ2v) is 1.57. The Labute approximate surface area is 61.0 Å². The van der Waals surface area contributed by atoms with E-state index in [9.17, 15) is 17.6 Å². The van der Waals surface area contributed by atoms with Crippen molar-refractivity contribution in [3.05, 3.63) is 24.8 Å². The van der Waals surface area contributed by atoms with Gasteiger partial charge < -0.3 is 4.74 Å². The number of hydrogen-bond donors (Lipinski definition) is 0. The Morgan fingerprint density at radius 3 is 2.45 bits per heavy atom. The van der Waals surface area contributed by atoms with E-state index in [4.69, 9.17) is 0 Å². The molecule has 0 aromatic carbocycles. The molecule has 0 atom stereocenters. The largest absolute Gasteiger partial charge is 0.411 e. The molecule has 0 aliphatic heterocycles. The lowest BCUT2D eigenvalue weighted by molar-refractivity contribution is -0.213. The molecule has 64 valence electrons. The average Bonchev–Trinajstić information content (AvgIpc) is 1.99. The van der Waals surface area contributed by atoms with Crippen molar-refractivity contribution in [3.63, 3.8) is 0 Å². The molecule has 0 unspecified atom stereocenters. The Bertz CT molecular complexity index is 164. The Morgan fingerprint density at radius 2 is 2.09 bits per heavy atom. The van der Waals surface area contributed by atoms with Crippen molar-refractivity contribution in [2.75, 3.05) is 6.61 Å². The molecule has 0 rings (SSSR count). The standard InChI is InChI=1S/C6H6F4O/c1-2-3-11-6(9,10)5(8)4-7/h2,4H,1,3H2. The van der Waals surface area contributed by atoms with Gasteiger partial charge in [-0.2, -0.15) is 13.2 Å². The molecule has 0 aromatic rings. The van der Waals surface area contributed by atoms with Gasteiger partial charge in [0.25, 0.3) is 0 Å². The van der Waals surface area contributed by atoms with Crippen molar-refractivity contribution in [1.29, 1.82) is 0 Å². The van der Waals surface area contributed by atoms with Crippen molar-refractivity contribution in [3.8, 4) is 0 Å². The number of alkyl halides is 2. The minimum Gasteiger partial charge on any atom is -0.311 e. The monoisotopic (exact) mass is 170 g/mol. The second-order valence-electron chi connectivity index (χ2n) is 1.57. The van der Waals surface area contributed by atoms with Gasteiger partial charge in [0.2, 0.25) is 5.83 Å². The highest BCUT2D eigenvalue weighted by molar-refractivity contribution is 4.94. The predicted octanol–water partition coefficient (Wildman–Crippen LogP) is 2.56. The minimum absolute atomic E-state index is 0.547. The molecule has 11 heavy (non-hydrogen) atoms. The quantitative estimate of drug-likeness (QED) is 0.465. The van der Waals surface area contributed by atoms with Crippen molar-refractivity contribution < 1.29 is 22.3 Å². The first-order valence-electron chi connectivity index (χ1n) is 2.63. The first kappa shape index (κ1) is 10.2. The van der Waals surface area contributed by atoms with Crippen LogP contribution in [-0.4, -0.2) is 12.7 Å². The van der Waals surface area contributed by atoms with Gasteiger partial charge in [0.1, 0.15) is 6.33 Å². The Hall–Kier alpha value is -0.840. The highest BCUT2D eigenvalue weighted by Crippen LogP contribution is 2.26. The molecule has 0 saturated heterocycles. The second kappa shape index (κ2) is 4.12. The third kappa shape index (κ3) is 3.18. The van der Waals surface area contributed by atoms with Crippen LogP contribution in [0.15, 0.2) is 24.8 Å². The van der Waals surface area contributed by atoms with Crippen LogP contribution >= 0.6 is 0 Å². The van der Waals surface area contributed by atoms with Gasteiger partial charge in [0, 0.05) is 0 Å². The smallest absolute Gasteiger partial charge is 0.311 e. The van der Waals surface area contributed by atoms with Crippen LogP contribution in [0.2, 0.25) is 0 Å². The van der Waals surface area contributed by atoms with E-state index in [0.717, 1.165) is 6.08 Å². The van der Waals surface area contributed by atoms with Crippen LogP contribution in [0, 0.1) is 0 Å². The van der Waals surface area contributed by atoms with E-state index < -0.39 is 24.9 Å².